The van der Waals surface area contributed by atoms with Crippen molar-refractivity contribution in [3.63, 3.8) is 0 Å². The largest absolute Gasteiger partial charge is 0.496 e. The maximum absolute atomic E-state index is 11.9. The van der Waals surface area contributed by atoms with Gasteiger partial charge in [0.05, 0.1) is 19.9 Å². The lowest BCUT2D eigenvalue weighted by atomic mass is 10.1. The SMILES string of the molecule is COc1ccccc1/C=N\NC(=O)CNc1ccc2ccccc2c1. The smallest absolute Gasteiger partial charge is 0.259 e. The minimum absolute atomic E-state index is 0.140. The van der Waals surface area contributed by atoms with Gasteiger partial charge in [-0.1, -0.05) is 42.5 Å². The van der Waals surface area contributed by atoms with E-state index in [1.165, 1.54) is 5.39 Å². The number of hydrogen-bond acceptors (Lipinski definition) is 4. The zero-order valence-electron chi connectivity index (χ0n) is 13.9. The van der Waals surface area contributed by atoms with Crippen LogP contribution in [0.1, 0.15) is 5.56 Å². The number of carbonyl (C=O) groups is 1. The van der Waals surface area contributed by atoms with Crippen LogP contribution in [0.3, 0.4) is 0 Å². The third-order valence-electron chi connectivity index (χ3n) is 3.73. The molecule has 0 atom stereocenters. The fourth-order valence-electron chi connectivity index (χ4n) is 2.47. The van der Waals surface area contributed by atoms with Crippen molar-refractivity contribution in [1.82, 2.24) is 5.43 Å². The van der Waals surface area contributed by atoms with Crippen molar-refractivity contribution in [3.8, 4) is 5.75 Å². The van der Waals surface area contributed by atoms with Crippen molar-refractivity contribution in [3.05, 3.63) is 72.3 Å². The number of hydrazone groups is 1. The highest BCUT2D eigenvalue weighted by Gasteiger charge is 2.01. The fraction of sp³-hybridized carbons (Fsp3) is 0.100. The lowest BCUT2D eigenvalue weighted by Gasteiger charge is -2.07. The summed E-state index contributed by atoms with van der Waals surface area (Å²) in [6.07, 6.45) is 1.56. The van der Waals surface area contributed by atoms with Gasteiger partial charge in [-0.2, -0.15) is 5.10 Å². The Bertz CT molecular complexity index is 906. The van der Waals surface area contributed by atoms with Crippen molar-refractivity contribution in [2.75, 3.05) is 19.0 Å². The first-order valence-corrected chi connectivity index (χ1v) is 7.94. The van der Waals surface area contributed by atoms with Gasteiger partial charge in [0.15, 0.2) is 0 Å². The van der Waals surface area contributed by atoms with Crippen LogP contribution in [0.4, 0.5) is 5.69 Å². The van der Waals surface area contributed by atoms with E-state index in [-0.39, 0.29) is 12.5 Å². The molecule has 0 saturated carbocycles. The summed E-state index contributed by atoms with van der Waals surface area (Å²) in [6, 6.07) is 21.5. The average molecular weight is 333 g/mol. The number of ether oxygens (including phenoxy) is 1. The number of benzene rings is 3. The second-order valence-electron chi connectivity index (χ2n) is 5.45. The molecule has 0 aliphatic heterocycles. The molecule has 0 heterocycles. The minimum Gasteiger partial charge on any atom is -0.496 e. The van der Waals surface area contributed by atoms with Crippen molar-refractivity contribution >= 4 is 28.6 Å². The standard InChI is InChI=1S/C20H19N3O2/c1-25-19-9-5-4-8-17(19)13-22-23-20(24)14-21-18-11-10-15-6-2-3-7-16(15)12-18/h2-13,21H,14H2,1H3,(H,23,24)/b22-13-. The predicted octanol–water partition coefficient (Wildman–Crippen LogP) is 3.41. The van der Waals surface area contributed by atoms with Gasteiger partial charge < -0.3 is 10.1 Å². The molecule has 5 nitrogen and oxygen atoms in total. The number of methoxy groups -OCH3 is 1. The lowest BCUT2D eigenvalue weighted by molar-refractivity contribution is -0.119. The van der Waals surface area contributed by atoms with E-state index in [2.05, 4.69) is 21.9 Å². The van der Waals surface area contributed by atoms with Crippen LogP contribution in [0.2, 0.25) is 0 Å². The number of para-hydroxylation sites is 1. The first kappa shape index (κ1) is 16.5. The summed E-state index contributed by atoms with van der Waals surface area (Å²) in [7, 11) is 1.60. The van der Waals surface area contributed by atoms with Crippen LogP contribution in [-0.2, 0) is 4.79 Å². The Morgan fingerprint density at radius 2 is 1.80 bits per heavy atom. The Kier molecular flexibility index (Phi) is 5.26. The van der Waals surface area contributed by atoms with Crippen molar-refractivity contribution in [2.45, 2.75) is 0 Å². The van der Waals surface area contributed by atoms with Crippen molar-refractivity contribution in [1.29, 1.82) is 0 Å². The monoisotopic (exact) mass is 333 g/mol. The highest BCUT2D eigenvalue weighted by Crippen LogP contribution is 2.18. The minimum atomic E-state index is -0.223. The summed E-state index contributed by atoms with van der Waals surface area (Å²) >= 11 is 0. The Hall–Kier alpha value is -3.34. The lowest BCUT2D eigenvalue weighted by Crippen LogP contribution is -2.25. The predicted molar refractivity (Wildman–Crippen MR) is 101 cm³/mol. The molecule has 126 valence electrons. The highest BCUT2D eigenvalue weighted by atomic mass is 16.5. The van der Waals surface area contributed by atoms with Crippen molar-refractivity contribution in [2.24, 2.45) is 5.10 Å². The molecule has 0 radical (unpaired) electrons. The van der Waals surface area contributed by atoms with Gasteiger partial charge in [0.2, 0.25) is 0 Å². The molecule has 0 aliphatic carbocycles. The van der Waals surface area contributed by atoms with Gasteiger partial charge in [-0.3, -0.25) is 4.79 Å². The van der Waals surface area contributed by atoms with E-state index in [0.29, 0.717) is 5.75 Å². The fourth-order valence-corrected chi connectivity index (χ4v) is 2.47. The Morgan fingerprint density at radius 1 is 1.04 bits per heavy atom. The molecule has 0 aromatic heterocycles. The molecule has 0 unspecified atom stereocenters. The number of hydrogen-bond donors (Lipinski definition) is 2. The van der Waals surface area contributed by atoms with E-state index in [1.54, 1.807) is 13.3 Å². The average Bonchev–Trinajstić information content (AvgIpc) is 2.66. The van der Waals surface area contributed by atoms with Gasteiger partial charge in [0, 0.05) is 11.3 Å². The van der Waals surface area contributed by atoms with E-state index in [0.717, 1.165) is 16.6 Å². The quantitative estimate of drug-likeness (QED) is 0.537. The van der Waals surface area contributed by atoms with Gasteiger partial charge >= 0.3 is 0 Å². The first-order valence-electron chi connectivity index (χ1n) is 7.94. The van der Waals surface area contributed by atoms with Crippen LogP contribution in [0.5, 0.6) is 5.75 Å². The molecule has 2 N–H and O–H groups in total. The third kappa shape index (κ3) is 4.35. The molecule has 0 spiro atoms. The molecular formula is C20H19N3O2. The molecule has 0 fully saturated rings. The van der Waals surface area contributed by atoms with Crippen LogP contribution < -0.4 is 15.5 Å². The second kappa shape index (κ2) is 7.97. The van der Waals surface area contributed by atoms with Gasteiger partial charge in [0.25, 0.3) is 5.91 Å². The van der Waals surface area contributed by atoms with E-state index in [4.69, 9.17) is 4.74 Å². The first-order chi connectivity index (χ1) is 12.3. The van der Waals surface area contributed by atoms with Crippen LogP contribution in [-0.4, -0.2) is 25.8 Å². The highest BCUT2D eigenvalue weighted by molar-refractivity contribution is 5.88. The number of anilines is 1. The number of amides is 1. The third-order valence-corrected chi connectivity index (χ3v) is 3.73. The van der Waals surface area contributed by atoms with Crippen LogP contribution in [0.15, 0.2) is 71.8 Å². The molecule has 0 aliphatic rings. The molecule has 3 aromatic rings. The molecule has 0 saturated heterocycles. The number of nitrogens with zero attached hydrogens (tertiary/aromatic N) is 1. The number of fused-ring (bicyclic) bond motifs is 1. The molecule has 1 amide bonds. The normalized spacial score (nSPS) is 10.8. The number of carbonyl (C=O) groups excluding carboxylic acids is 1. The summed E-state index contributed by atoms with van der Waals surface area (Å²) in [6.45, 7) is 0.140. The van der Waals surface area contributed by atoms with E-state index < -0.39 is 0 Å². The molecular weight excluding hydrogens is 314 g/mol. The Morgan fingerprint density at radius 3 is 2.64 bits per heavy atom. The van der Waals surface area contributed by atoms with Crippen LogP contribution >= 0.6 is 0 Å². The zero-order valence-corrected chi connectivity index (χ0v) is 13.9. The second-order valence-corrected chi connectivity index (χ2v) is 5.45. The summed E-state index contributed by atoms with van der Waals surface area (Å²) < 4.78 is 5.23. The summed E-state index contributed by atoms with van der Waals surface area (Å²) in [5.74, 6) is 0.481. The number of rotatable bonds is 6. The molecule has 25 heavy (non-hydrogen) atoms. The maximum Gasteiger partial charge on any atom is 0.259 e. The summed E-state index contributed by atoms with van der Waals surface area (Å²) in [5.41, 5.74) is 4.19. The van der Waals surface area contributed by atoms with E-state index in [1.807, 2.05) is 60.7 Å². The van der Waals surface area contributed by atoms with Crippen molar-refractivity contribution < 1.29 is 9.53 Å². The molecule has 3 rings (SSSR count). The topological polar surface area (TPSA) is 62.7 Å². The van der Waals surface area contributed by atoms with Crippen LogP contribution in [0, 0.1) is 0 Å². The van der Waals surface area contributed by atoms with Gasteiger partial charge in [-0.25, -0.2) is 5.43 Å². The maximum atomic E-state index is 11.9. The van der Waals surface area contributed by atoms with Gasteiger partial charge in [-0.15, -0.1) is 0 Å². The van der Waals surface area contributed by atoms with Gasteiger partial charge in [-0.05, 0) is 35.0 Å². The van der Waals surface area contributed by atoms with E-state index in [9.17, 15) is 4.79 Å². The molecule has 5 heteroatoms. The van der Waals surface area contributed by atoms with E-state index >= 15 is 0 Å². The zero-order chi connectivity index (χ0) is 17.5. The Labute approximate surface area is 146 Å². The van der Waals surface area contributed by atoms with Crippen LogP contribution in [0.25, 0.3) is 10.8 Å². The molecule has 3 aromatic carbocycles. The number of nitrogens with one attached hydrogen (secondary N) is 2. The molecule has 0 bridgehead atoms. The van der Waals surface area contributed by atoms with Gasteiger partial charge in [0.1, 0.15) is 5.75 Å². The Balaban J connectivity index is 1.54. The summed E-state index contributed by atoms with van der Waals surface area (Å²) in [5, 5.41) is 9.36. The summed E-state index contributed by atoms with van der Waals surface area (Å²) in [4.78, 5) is 11.9.